The minimum absolute atomic E-state index is 0.337. The smallest absolute Gasteiger partial charge is 0.256 e. The van der Waals surface area contributed by atoms with Gasteiger partial charge in [-0.1, -0.05) is 30.3 Å². The molecule has 0 spiro atoms. The Bertz CT molecular complexity index is 1090. The topological polar surface area (TPSA) is 59.8 Å². The van der Waals surface area contributed by atoms with Gasteiger partial charge in [0, 0.05) is 22.6 Å². The van der Waals surface area contributed by atoms with Crippen LogP contribution in [0.2, 0.25) is 0 Å². The Morgan fingerprint density at radius 1 is 1.11 bits per heavy atom. The van der Waals surface area contributed by atoms with Crippen molar-refractivity contribution >= 4 is 23.1 Å². The lowest BCUT2D eigenvalue weighted by Crippen LogP contribution is -2.15. The first-order chi connectivity index (χ1) is 13.1. The summed E-state index contributed by atoms with van der Waals surface area (Å²) in [5.74, 6) is -0.213. The highest BCUT2D eigenvalue weighted by atomic mass is 32.1. The second kappa shape index (κ2) is 7.13. The summed E-state index contributed by atoms with van der Waals surface area (Å²) in [7, 11) is 0. The van der Waals surface area contributed by atoms with Gasteiger partial charge in [-0.2, -0.15) is 9.78 Å². The van der Waals surface area contributed by atoms with Gasteiger partial charge in [0.1, 0.15) is 11.6 Å². The Morgan fingerprint density at radius 2 is 1.85 bits per heavy atom. The van der Waals surface area contributed by atoms with Crippen LogP contribution in [-0.4, -0.2) is 20.7 Å². The van der Waals surface area contributed by atoms with Gasteiger partial charge in [-0.15, -0.1) is 11.3 Å². The molecule has 27 heavy (non-hydrogen) atoms. The molecule has 7 heteroatoms. The highest BCUT2D eigenvalue weighted by molar-refractivity contribution is 7.12. The van der Waals surface area contributed by atoms with Gasteiger partial charge in [-0.3, -0.25) is 4.79 Å². The van der Waals surface area contributed by atoms with Crippen LogP contribution in [0.1, 0.15) is 16.1 Å². The van der Waals surface area contributed by atoms with Crippen LogP contribution >= 0.6 is 11.3 Å². The summed E-state index contributed by atoms with van der Waals surface area (Å²) in [5.41, 5.74) is 2.98. The molecule has 0 bridgehead atoms. The molecule has 134 valence electrons. The Hall–Kier alpha value is -3.32. The van der Waals surface area contributed by atoms with Crippen molar-refractivity contribution < 1.29 is 9.18 Å². The summed E-state index contributed by atoms with van der Waals surface area (Å²) < 4.78 is 14.7. The first-order valence-corrected chi connectivity index (χ1v) is 9.13. The molecule has 1 N–H and O–H groups in total. The first kappa shape index (κ1) is 17.1. The Kier molecular flexibility index (Phi) is 4.52. The van der Waals surface area contributed by atoms with Crippen molar-refractivity contribution in [2.24, 2.45) is 0 Å². The van der Waals surface area contributed by atoms with E-state index < -0.39 is 0 Å². The number of aromatic nitrogens is 3. The molecule has 2 aromatic heterocycles. The van der Waals surface area contributed by atoms with E-state index in [2.05, 4.69) is 15.4 Å². The third-order valence-electron chi connectivity index (χ3n) is 3.92. The number of hydrogen-bond acceptors (Lipinski definition) is 4. The summed E-state index contributed by atoms with van der Waals surface area (Å²) in [5, 5.41) is 9.86. The number of carbonyl (C=O) groups excluding carboxylic acids is 1. The van der Waals surface area contributed by atoms with Gasteiger partial charge in [0.05, 0.1) is 11.4 Å². The molecule has 2 heterocycles. The summed E-state index contributed by atoms with van der Waals surface area (Å²) in [6, 6.07) is 17.0. The zero-order valence-electron chi connectivity index (χ0n) is 14.4. The fraction of sp³-hybridized carbons (Fsp3) is 0.0500. The number of benzene rings is 2. The van der Waals surface area contributed by atoms with Gasteiger partial charge in [0.15, 0.2) is 0 Å². The van der Waals surface area contributed by atoms with Gasteiger partial charge in [-0.05, 0) is 31.2 Å². The van der Waals surface area contributed by atoms with E-state index in [-0.39, 0.29) is 11.7 Å². The van der Waals surface area contributed by atoms with Crippen molar-refractivity contribution in [3.8, 4) is 16.4 Å². The number of carbonyl (C=O) groups is 1. The number of thiazole rings is 1. The molecule has 1 amide bonds. The van der Waals surface area contributed by atoms with Crippen molar-refractivity contribution in [1.29, 1.82) is 0 Å². The van der Waals surface area contributed by atoms with E-state index in [0.717, 1.165) is 17.0 Å². The highest BCUT2D eigenvalue weighted by Gasteiger charge is 2.15. The molecule has 0 fully saturated rings. The highest BCUT2D eigenvalue weighted by Crippen LogP contribution is 2.26. The molecule has 0 aliphatic heterocycles. The molecule has 0 radical (unpaired) electrons. The number of nitrogens with one attached hydrogen (secondary N) is 1. The molecular formula is C20H15FN4OS. The summed E-state index contributed by atoms with van der Waals surface area (Å²) >= 11 is 1.44. The summed E-state index contributed by atoms with van der Waals surface area (Å²) in [6.45, 7) is 1.84. The van der Waals surface area contributed by atoms with E-state index in [4.69, 9.17) is 0 Å². The predicted octanol–water partition coefficient (Wildman–Crippen LogP) is 4.70. The van der Waals surface area contributed by atoms with Gasteiger partial charge < -0.3 is 5.32 Å². The van der Waals surface area contributed by atoms with Crippen LogP contribution in [0.5, 0.6) is 0 Å². The Morgan fingerprint density at radius 3 is 2.59 bits per heavy atom. The monoisotopic (exact) mass is 378 g/mol. The SMILES string of the molecule is Cc1cc(NC(=O)c2ccc(F)cc2)n(-c2nc(-c3ccccc3)cs2)n1. The molecule has 0 aliphatic rings. The van der Waals surface area contributed by atoms with Crippen LogP contribution in [0.15, 0.2) is 66.0 Å². The largest absolute Gasteiger partial charge is 0.306 e. The van der Waals surface area contributed by atoms with Crippen molar-refractivity contribution in [2.45, 2.75) is 6.92 Å². The maximum atomic E-state index is 13.1. The fourth-order valence-electron chi connectivity index (χ4n) is 2.63. The van der Waals surface area contributed by atoms with Crippen molar-refractivity contribution in [3.63, 3.8) is 0 Å². The zero-order valence-corrected chi connectivity index (χ0v) is 15.2. The lowest BCUT2D eigenvalue weighted by atomic mass is 10.2. The normalized spacial score (nSPS) is 10.7. The lowest BCUT2D eigenvalue weighted by Gasteiger charge is -2.06. The minimum Gasteiger partial charge on any atom is -0.306 e. The zero-order chi connectivity index (χ0) is 18.8. The van der Waals surface area contributed by atoms with Gasteiger partial charge >= 0.3 is 0 Å². The van der Waals surface area contributed by atoms with E-state index in [9.17, 15) is 9.18 Å². The molecule has 0 unspecified atom stereocenters. The molecule has 0 saturated heterocycles. The van der Waals surface area contributed by atoms with Crippen LogP contribution in [0.4, 0.5) is 10.2 Å². The maximum absolute atomic E-state index is 13.1. The Balaban J connectivity index is 1.63. The standard InChI is InChI=1S/C20H15FN4OS/c1-13-11-18(23-19(26)15-7-9-16(21)10-8-15)25(24-13)20-22-17(12-27-20)14-5-3-2-4-6-14/h2-12H,1H3,(H,23,26). The van der Waals surface area contributed by atoms with E-state index in [0.29, 0.717) is 16.5 Å². The van der Waals surface area contributed by atoms with Crippen LogP contribution in [-0.2, 0) is 0 Å². The van der Waals surface area contributed by atoms with E-state index >= 15 is 0 Å². The first-order valence-electron chi connectivity index (χ1n) is 8.25. The number of halogens is 1. The second-order valence-corrected chi connectivity index (χ2v) is 6.76. The fourth-order valence-corrected chi connectivity index (χ4v) is 3.42. The van der Waals surface area contributed by atoms with Crippen LogP contribution < -0.4 is 5.32 Å². The number of aryl methyl sites for hydroxylation is 1. The van der Waals surface area contributed by atoms with Crippen molar-refractivity contribution in [2.75, 3.05) is 5.32 Å². The van der Waals surface area contributed by atoms with E-state index in [1.807, 2.05) is 42.6 Å². The van der Waals surface area contributed by atoms with Crippen LogP contribution in [0.25, 0.3) is 16.4 Å². The third kappa shape index (κ3) is 3.63. The average Bonchev–Trinajstić information content (AvgIpc) is 3.29. The van der Waals surface area contributed by atoms with Crippen molar-refractivity contribution in [1.82, 2.24) is 14.8 Å². The number of nitrogens with zero attached hydrogens (tertiary/aromatic N) is 3. The molecular weight excluding hydrogens is 363 g/mol. The quantitative estimate of drug-likeness (QED) is 0.560. The summed E-state index contributed by atoms with van der Waals surface area (Å²) in [4.78, 5) is 17.1. The molecule has 0 aliphatic carbocycles. The van der Waals surface area contributed by atoms with Crippen LogP contribution in [0.3, 0.4) is 0 Å². The molecule has 0 saturated carbocycles. The van der Waals surface area contributed by atoms with Gasteiger partial charge in [-0.25, -0.2) is 9.37 Å². The maximum Gasteiger partial charge on any atom is 0.256 e. The van der Waals surface area contributed by atoms with Crippen molar-refractivity contribution in [3.05, 3.63) is 83.1 Å². The van der Waals surface area contributed by atoms with E-state index in [1.165, 1.54) is 35.6 Å². The number of rotatable bonds is 4. The Labute approximate surface area is 159 Å². The summed E-state index contributed by atoms with van der Waals surface area (Å²) in [6.07, 6.45) is 0. The third-order valence-corrected chi connectivity index (χ3v) is 4.74. The van der Waals surface area contributed by atoms with Gasteiger partial charge in [0.2, 0.25) is 5.13 Å². The number of anilines is 1. The molecule has 4 aromatic rings. The van der Waals surface area contributed by atoms with E-state index in [1.54, 1.807) is 10.7 Å². The second-order valence-electron chi connectivity index (χ2n) is 5.93. The number of amides is 1. The molecule has 2 aromatic carbocycles. The average molecular weight is 378 g/mol. The predicted molar refractivity (Wildman–Crippen MR) is 104 cm³/mol. The minimum atomic E-state index is -0.385. The number of hydrogen-bond donors (Lipinski definition) is 1. The lowest BCUT2D eigenvalue weighted by molar-refractivity contribution is 0.102. The molecule has 5 nitrogen and oxygen atoms in total. The van der Waals surface area contributed by atoms with Gasteiger partial charge in [0.25, 0.3) is 5.91 Å². The molecule has 4 rings (SSSR count). The van der Waals surface area contributed by atoms with Crippen LogP contribution in [0, 0.1) is 12.7 Å². The molecule has 0 atom stereocenters.